The minimum absolute atomic E-state index is 0. The third-order valence-electron chi connectivity index (χ3n) is 7.17. The van der Waals surface area contributed by atoms with Crippen LogP contribution in [-0.4, -0.2) is 15.0 Å². The Morgan fingerprint density at radius 3 is 1.43 bits per heavy atom. The standard InChI is InChI=1S/2C16H13.C6H13Si.C4H9.Zr/c2*1-12-10-14-8-5-9-15(16(14)11-12)13-6-3-2-4-7-13;1-3-4-5-6(2)7;1-3-4-2;/h2*2-11H,1H3;3H,4-5,7H2,1-2H3;1,3-4H2,2H3;/q4*-1;+4. The summed E-state index contributed by atoms with van der Waals surface area (Å²) in [5.41, 5.74) is 7.89. The first kappa shape index (κ1) is 37.3. The average Bonchev–Trinajstić information content (AvgIpc) is 3.62. The summed E-state index contributed by atoms with van der Waals surface area (Å²) in [6.07, 6.45) is 7.00. The van der Waals surface area contributed by atoms with Gasteiger partial charge < -0.3 is 13.3 Å². The average molecular weight is 672 g/mol. The van der Waals surface area contributed by atoms with Gasteiger partial charge in [-0.2, -0.15) is 31.9 Å². The molecule has 0 saturated carbocycles. The Bertz CT molecular complexity index is 1540. The number of fused-ring (bicyclic) bond motifs is 2. The summed E-state index contributed by atoms with van der Waals surface area (Å²) in [5.74, 6) is 0. The summed E-state index contributed by atoms with van der Waals surface area (Å²) in [7, 11) is 1.99. The summed E-state index contributed by atoms with van der Waals surface area (Å²) in [6, 6.07) is 43.1. The maximum Gasteiger partial charge on any atom is 4.00 e. The van der Waals surface area contributed by atoms with Crippen molar-refractivity contribution in [1.29, 1.82) is 0 Å². The van der Waals surface area contributed by atoms with E-state index in [9.17, 15) is 0 Å². The SMILES string of the molecule is C[CH-]CCC(C)=[SiH2].Cc1cc2c(-c3ccccc3)cccc2[cH-]1.Cc1cc2c(-c3ccccc3)cccc2[cH-]1.[CH2-]CCC.[Zr+4]. The van der Waals surface area contributed by atoms with Gasteiger partial charge in [-0.05, 0) is 27.9 Å². The van der Waals surface area contributed by atoms with E-state index < -0.39 is 0 Å². The van der Waals surface area contributed by atoms with Crippen molar-refractivity contribution in [1.82, 2.24) is 0 Å². The van der Waals surface area contributed by atoms with E-state index in [2.05, 4.69) is 169 Å². The Kier molecular flexibility index (Phi) is 17.1. The van der Waals surface area contributed by atoms with Crippen LogP contribution in [-0.2, 0) is 26.2 Å². The first-order valence-electron chi connectivity index (χ1n) is 15.5. The zero-order valence-corrected chi connectivity index (χ0v) is 31.2. The molecule has 0 aliphatic rings. The van der Waals surface area contributed by atoms with Crippen molar-refractivity contribution >= 4 is 36.6 Å². The topological polar surface area (TPSA) is 0 Å². The second-order valence-electron chi connectivity index (χ2n) is 11.2. The van der Waals surface area contributed by atoms with Crippen molar-refractivity contribution in [3.63, 3.8) is 0 Å². The van der Waals surface area contributed by atoms with Crippen molar-refractivity contribution in [2.24, 2.45) is 0 Å². The van der Waals surface area contributed by atoms with E-state index in [1.54, 1.807) is 5.17 Å². The molecule has 6 rings (SSSR count). The molecule has 0 spiro atoms. The van der Waals surface area contributed by atoms with Crippen LogP contribution in [0.1, 0.15) is 57.6 Å². The van der Waals surface area contributed by atoms with Crippen LogP contribution in [0.2, 0.25) is 0 Å². The van der Waals surface area contributed by atoms with Crippen molar-refractivity contribution in [2.45, 2.75) is 60.3 Å². The summed E-state index contributed by atoms with van der Waals surface area (Å²) < 4.78 is 0. The molecule has 0 amide bonds. The predicted molar refractivity (Wildman–Crippen MR) is 198 cm³/mol. The van der Waals surface area contributed by atoms with Gasteiger partial charge in [0.25, 0.3) is 0 Å². The molecule has 0 saturated heterocycles. The monoisotopic (exact) mass is 670 g/mol. The van der Waals surface area contributed by atoms with Crippen LogP contribution in [0.5, 0.6) is 0 Å². The fourth-order valence-corrected chi connectivity index (χ4v) is 5.10. The first-order valence-corrected chi connectivity index (χ1v) is 16.2. The third-order valence-corrected chi connectivity index (χ3v) is 7.53. The van der Waals surface area contributed by atoms with Gasteiger partial charge in [0.1, 0.15) is 0 Å². The first-order chi connectivity index (χ1) is 20.9. The number of rotatable bonds is 6. The van der Waals surface area contributed by atoms with Crippen LogP contribution >= 0.6 is 0 Å². The van der Waals surface area contributed by atoms with Gasteiger partial charge in [-0.25, -0.2) is 0 Å². The van der Waals surface area contributed by atoms with Gasteiger partial charge in [0.15, 0.2) is 0 Å². The number of unbranched alkanes of at least 4 members (excludes halogenated alkanes) is 2. The Labute approximate surface area is 289 Å². The number of hydrogen-bond donors (Lipinski definition) is 0. The Hall–Kier alpha value is -2.93. The Morgan fingerprint density at radius 1 is 0.705 bits per heavy atom. The number of aryl methyl sites for hydroxylation is 2. The largest absolute Gasteiger partial charge is 4.00 e. The molecule has 0 aromatic heterocycles. The van der Waals surface area contributed by atoms with E-state index in [0.717, 1.165) is 6.42 Å². The summed E-state index contributed by atoms with van der Waals surface area (Å²) in [6.45, 7) is 14.3. The molecule has 224 valence electrons. The van der Waals surface area contributed by atoms with Crippen molar-refractivity contribution in [2.75, 3.05) is 0 Å². The van der Waals surface area contributed by atoms with Gasteiger partial charge in [-0.3, -0.25) is 0 Å². The molecule has 6 aromatic rings. The van der Waals surface area contributed by atoms with E-state index in [0.29, 0.717) is 0 Å². The van der Waals surface area contributed by atoms with Crippen LogP contribution in [0.4, 0.5) is 0 Å². The molecule has 0 radical (unpaired) electrons. The molecular formula is C42H48SiZr. The van der Waals surface area contributed by atoms with E-state index in [1.807, 2.05) is 9.85 Å². The van der Waals surface area contributed by atoms with Gasteiger partial charge in [0.2, 0.25) is 0 Å². The van der Waals surface area contributed by atoms with Gasteiger partial charge in [0.05, 0.1) is 0 Å². The van der Waals surface area contributed by atoms with Crippen molar-refractivity contribution in [3.05, 3.63) is 146 Å². The third kappa shape index (κ3) is 11.5. The van der Waals surface area contributed by atoms with E-state index >= 15 is 0 Å². The van der Waals surface area contributed by atoms with E-state index in [-0.39, 0.29) is 26.2 Å². The molecule has 0 bridgehead atoms. The second kappa shape index (κ2) is 20.2. The number of benzene rings is 4. The van der Waals surface area contributed by atoms with E-state index in [4.69, 9.17) is 0 Å². The maximum absolute atomic E-state index is 3.60. The smallest absolute Gasteiger partial charge is 0.343 e. The predicted octanol–water partition coefficient (Wildman–Crippen LogP) is 11.5. The molecule has 0 fully saturated rings. The minimum Gasteiger partial charge on any atom is -0.343 e. The van der Waals surface area contributed by atoms with Gasteiger partial charge >= 0.3 is 26.2 Å². The molecule has 0 atom stereocenters. The molecule has 0 aliphatic carbocycles. The van der Waals surface area contributed by atoms with Crippen molar-refractivity contribution < 1.29 is 26.2 Å². The van der Waals surface area contributed by atoms with Crippen LogP contribution in [0.25, 0.3) is 43.8 Å². The summed E-state index contributed by atoms with van der Waals surface area (Å²) in [4.78, 5) is 0. The summed E-state index contributed by atoms with van der Waals surface area (Å²) >= 11 is 0. The summed E-state index contributed by atoms with van der Waals surface area (Å²) in [5, 5.41) is 6.92. The van der Waals surface area contributed by atoms with Crippen LogP contribution in [0.3, 0.4) is 0 Å². The molecule has 0 unspecified atom stereocenters. The zero-order chi connectivity index (χ0) is 31.0. The molecule has 0 aliphatic heterocycles. The quantitative estimate of drug-likeness (QED) is 0.122. The van der Waals surface area contributed by atoms with Crippen molar-refractivity contribution in [3.8, 4) is 22.3 Å². The Balaban J connectivity index is 0.000000228. The fraction of sp³-hybridized carbons (Fsp3) is 0.214. The van der Waals surface area contributed by atoms with Gasteiger partial charge in [-0.1, -0.05) is 118 Å². The normalized spacial score (nSPS) is 9.95. The minimum atomic E-state index is 0. The van der Waals surface area contributed by atoms with Crippen LogP contribution in [0.15, 0.2) is 121 Å². The molecular weight excluding hydrogens is 624 g/mol. The van der Waals surface area contributed by atoms with Gasteiger partial charge in [0, 0.05) is 0 Å². The molecule has 0 nitrogen and oxygen atoms in total. The Morgan fingerprint density at radius 2 is 1.11 bits per heavy atom. The molecule has 44 heavy (non-hydrogen) atoms. The zero-order valence-electron chi connectivity index (χ0n) is 27.4. The molecule has 2 heteroatoms. The van der Waals surface area contributed by atoms with Crippen LogP contribution in [0, 0.1) is 27.2 Å². The molecule has 0 N–H and O–H groups in total. The fourth-order valence-electron chi connectivity index (χ4n) is 4.90. The molecule has 6 aromatic carbocycles. The maximum atomic E-state index is 3.60. The van der Waals surface area contributed by atoms with Gasteiger partial charge in [-0.15, -0.1) is 74.2 Å². The number of hydrogen-bond acceptors (Lipinski definition) is 0. The van der Waals surface area contributed by atoms with E-state index in [1.165, 1.54) is 74.2 Å². The molecule has 0 heterocycles. The second-order valence-corrected chi connectivity index (χ2v) is 12.4. The van der Waals surface area contributed by atoms with Crippen LogP contribution < -0.4 is 0 Å².